The fraction of sp³-hybridized carbons (Fsp3) is 0.562. The van der Waals surface area contributed by atoms with Gasteiger partial charge in [0.2, 0.25) is 0 Å². The number of benzene rings is 1. The normalized spacial score (nSPS) is 33.1. The quantitative estimate of drug-likeness (QED) is 0.583. The number of esters is 1. The highest BCUT2D eigenvalue weighted by Crippen LogP contribution is 2.46. The number of ether oxygens (including phenoxy) is 1. The highest BCUT2D eigenvalue weighted by atomic mass is 123. The van der Waals surface area contributed by atoms with Crippen LogP contribution < -0.4 is 0 Å². The van der Waals surface area contributed by atoms with E-state index in [1.165, 1.54) is 22.7 Å². The molecule has 0 radical (unpaired) electrons. The van der Waals surface area contributed by atoms with Crippen LogP contribution in [0.25, 0.3) is 0 Å². The Morgan fingerprint density at radius 1 is 1.30 bits per heavy atom. The molecule has 3 rings (SSSR count). The predicted octanol–water partition coefficient (Wildman–Crippen LogP) is 3.03. The summed E-state index contributed by atoms with van der Waals surface area (Å²) in [7, 11) is 3.66. The lowest BCUT2D eigenvalue weighted by molar-refractivity contribution is -0.150. The first-order chi connectivity index (χ1) is 9.61. The van der Waals surface area contributed by atoms with E-state index < -0.39 is 0 Å². The lowest BCUT2D eigenvalue weighted by Crippen LogP contribution is -2.49. The third-order valence-electron chi connectivity index (χ3n) is 5.04. The predicted molar refractivity (Wildman–Crippen MR) is 86.6 cm³/mol. The number of methoxy groups -OCH3 is 1. The van der Waals surface area contributed by atoms with Gasteiger partial charge in [0.25, 0.3) is 0 Å². The number of hydrogen-bond acceptors (Lipinski definition) is 3. The first-order valence-corrected chi connectivity index (χ1v) is 8.25. The Morgan fingerprint density at radius 2 is 2.00 bits per heavy atom. The third kappa shape index (κ3) is 2.37. The zero-order valence-corrected chi connectivity index (χ0v) is 14.0. The molecule has 1 aromatic rings. The summed E-state index contributed by atoms with van der Waals surface area (Å²) in [5.74, 6) is 0.225. The zero-order chi connectivity index (χ0) is 14.3. The van der Waals surface area contributed by atoms with Crippen LogP contribution >= 0.6 is 22.6 Å². The number of carbonyl (C=O) groups is 1. The van der Waals surface area contributed by atoms with Crippen molar-refractivity contribution in [3.8, 4) is 0 Å². The first kappa shape index (κ1) is 14.3. The maximum atomic E-state index is 12.3. The van der Waals surface area contributed by atoms with Crippen molar-refractivity contribution in [2.45, 2.75) is 37.3 Å². The van der Waals surface area contributed by atoms with Gasteiger partial charge in [-0.1, -0.05) is 12.1 Å². The fourth-order valence-corrected chi connectivity index (χ4v) is 4.34. The number of halogens is 1. The van der Waals surface area contributed by atoms with E-state index in [0.29, 0.717) is 18.0 Å². The molecule has 2 aliphatic rings. The van der Waals surface area contributed by atoms with Gasteiger partial charge in [-0.15, -0.1) is 0 Å². The van der Waals surface area contributed by atoms with E-state index in [0.717, 1.165) is 12.8 Å². The maximum Gasteiger partial charge on any atom is 0.310 e. The van der Waals surface area contributed by atoms with Crippen LogP contribution in [-0.4, -0.2) is 37.1 Å². The van der Waals surface area contributed by atoms with Gasteiger partial charge in [-0.3, -0.25) is 9.69 Å². The van der Waals surface area contributed by atoms with Crippen LogP contribution in [0.2, 0.25) is 0 Å². The van der Waals surface area contributed by atoms with E-state index in [1.807, 2.05) is 0 Å². The average molecular weight is 381 g/mol. The molecule has 1 aromatic carbocycles. The second-order valence-electron chi connectivity index (χ2n) is 5.91. The lowest BCUT2D eigenvalue weighted by atomic mass is 9.76. The van der Waals surface area contributed by atoms with Crippen LogP contribution in [0.5, 0.6) is 0 Å². The summed E-state index contributed by atoms with van der Waals surface area (Å²) in [6.07, 6.45) is 3.38. The van der Waals surface area contributed by atoms with Gasteiger partial charge in [-0.2, -0.15) is 0 Å². The maximum absolute atomic E-state index is 12.3. The van der Waals surface area contributed by atoms with Crippen LogP contribution in [-0.2, 0) is 9.53 Å². The second-order valence-corrected chi connectivity index (χ2v) is 7.15. The minimum atomic E-state index is -0.0502. The molecule has 20 heavy (non-hydrogen) atoms. The molecule has 2 heterocycles. The van der Waals surface area contributed by atoms with Crippen LogP contribution in [0.4, 0.5) is 0 Å². The molecular weight excluding hydrogens is 361 g/mol. The molecule has 2 bridgehead atoms. The Balaban J connectivity index is 1.95. The standard InChI is InChI=1S/C16H20INO2/c1-18-12-7-8-14(18)15(16(19)20-2)13(9-12)10-3-5-11(17)6-4-10/h3-6,12-15H,7-9H2,1-2H3/i17-4. The highest BCUT2D eigenvalue weighted by Gasteiger charge is 2.49. The summed E-state index contributed by atoms with van der Waals surface area (Å²) in [5, 5.41) is 0. The number of hydrogen-bond donors (Lipinski definition) is 0. The summed E-state index contributed by atoms with van der Waals surface area (Å²) in [5.41, 5.74) is 1.28. The summed E-state index contributed by atoms with van der Waals surface area (Å²) < 4.78 is 6.33. The molecule has 4 unspecified atom stereocenters. The highest BCUT2D eigenvalue weighted by molar-refractivity contribution is 14.1. The largest absolute Gasteiger partial charge is 0.469 e. The first-order valence-electron chi connectivity index (χ1n) is 7.17. The van der Waals surface area contributed by atoms with Gasteiger partial charge in [0.05, 0.1) is 13.0 Å². The van der Waals surface area contributed by atoms with Crippen molar-refractivity contribution in [1.82, 2.24) is 4.90 Å². The smallest absolute Gasteiger partial charge is 0.310 e. The number of piperidine rings is 1. The Labute approximate surface area is 133 Å². The molecule has 0 spiro atoms. The Kier molecular flexibility index (Phi) is 4.04. The number of rotatable bonds is 2. The second kappa shape index (κ2) is 5.64. The van der Waals surface area contributed by atoms with Crippen molar-refractivity contribution in [2.24, 2.45) is 5.92 Å². The van der Waals surface area contributed by atoms with E-state index in [-0.39, 0.29) is 11.9 Å². The number of fused-ring (bicyclic) bond motifs is 2. The lowest BCUT2D eigenvalue weighted by Gasteiger charge is -2.41. The molecule has 0 saturated carbocycles. The number of nitrogens with zero attached hydrogens (tertiary/aromatic N) is 1. The van der Waals surface area contributed by atoms with Crippen LogP contribution in [0.15, 0.2) is 24.3 Å². The van der Waals surface area contributed by atoms with E-state index in [2.05, 4.69) is 58.8 Å². The Hall–Kier alpha value is -0.620. The third-order valence-corrected chi connectivity index (χ3v) is 5.76. The molecule has 0 aromatic heterocycles. The summed E-state index contributed by atoms with van der Waals surface area (Å²) in [6, 6.07) is 9.56. The molecule has 2 fully saturated rings. The van der Waals surface area contributed by atoms with E-state index in [1.54, 1.807) is 0 Å². The molecule has 0 N–H and O–H groups in total. The SMILES string of the molecule is COC(=O)C1C(c2ccc([123I])cc2)CC2CCC1N2C. The van der Waals surface area contributed by atoms with Gasteiger partial charge in [0.1, 0.15) is 0 Å². The molecule has 4 atom stereocenters. The van der Waals surface area contributed by atoms with Gasteiger partial charge in [-0.25, -0.2) is 0 Å². The fourth-order valence-electron chi connectivity index (χ4n) is 3.98. The summed E-state index contributed by atoms with van der Waals surface area (Å²) >= 11 is 2.32. The van der Waals surface area contributed by atoms with Gasteiger partial charge in [0, 0.05) is 21.6 Å². The van der Waals surface area contributed by atoms with Crippen molar-refractivity contribution in [3.63, 3.8) is 0 Å². The van der Waals surface area contributed by atoms with Crippen LogP contribution in [0, 0.1) is 9.49 Å². The van der Waals surface area contributed by atoms with Crippen LogP contribution in [0.3, 0.4) is 0 Å². The van der Waals surface area contributed by atoms with Gasteiger partial charge >= 0.3 is 5.97 Å². The van der Waals surface area contributed by atoms with Crippen molar-refractivity contribution in [1.29, 1.82) is 0 Å². The van der Waals surface area contributed by atoms with Crippen molar-refractivity contribution >= 4 is 28.6 Å². The van der Waals surface area contributed by atoms with E-state index >= 15 is 0 Å². The van der Waals surface area contributed by atoms with Crippen molar-refractivity contribution in [2.75, 3.05) is 14.2 Å². The Morgan fingerprint density at radius 3 is 2.65 bits per heavy atom. The molecule has 2 saturated heterocycles. The van der Waals surface area contributed by atoms with E-state index in [9.17, 15) is 4.79 Å². The zero-order valence-electron chi connectivity index (χ0n) is 11.9. The summed E-state index contributed by atoms with van der Waals surface area (Å²) in [6.45, 7) is 0. The summed E-state index contributed by atoms with van der Waals surface area (Å²) in [4.78, 5) is 14.7. The Bertz CT molecular complexity index is 502. The van der Waals surface area contributed by atoms with Crippen molar-refractivity contribution in [3.05, 3.63) is 33.4 Å². The average Bonchev–Trinajstić information content (AvgIpc) is 2.70. The van der Waals surface area contributed by atoms with Gasteiger partial charge in [-0.05, 0) is 66.6 Å². The molecule has 0 aliphatic carbocycles. The molecule has 108 valence electrons. The topological polar surface area (TPSA) is 29.5 Å². The van der Waals surface area contributed by atoms with Crippen molar-refractivity contribution < 1.29 is 9.53 Å². The van der Waals surface area contributed by atoms with Crippen LogP contribution in [0.1, 0.15) is 30.7 Å². The molecule has 0 amide bonds. The minimum Gasteiger partial charge on any atom is -0.469 e. The minimum absolute atomic E-state index is 0.0242. The molecule has 4 heteroatoms. The van der Waals surface area contributed by atoms with Gasteiger partial charge in [0.15, 0.2) is 0 Å². The van der Waals surface area contributed by atoms with Gasteiger partial charge < -0.3 is 4.74 Å². The molecular formula is C16H20INO2. The molecule has 2 aliphatic heterocycles. The number of carbonyl (C=O) groups excluding carboxylic acids is 1. The van der Waals surface area contributed by atoms with E-state index in [4.69, 9.17) is 4.74 Å². The molecule has 3 nitrogen and oxygen atoms in total. The monoisotopic (exact) mass is 381 g/mol.